The molecule has 1 amide bonds. The average Bonchev–Trinajstić information content (AvgIpc) is 3.05. The lowest BCUT2D eigenvalue weighted by Gasteiger charge is -2.33. The molecule has 0 aromatic carbocycles. The third kappa shape index (κ3) is 6.04. The molecule has 8 nitrogen and oxygen atoms in total. The molecule has 2 aromatic heterocycles. The highest BCUT2D eigenvalue weighted by molar-refractivity contribution is 8.14. The number of nitrogens with one attached hydrogen (secondary N) is 1. The minimum absolute atomic E-state index is 0.149. The van der Waals surface area contributed by atoms with E-state index in [0.717, 1.165) is 5.69 Å². The molecule has 0 saturated carbocycles. The topological polar surface area (TPSA) is 107 Å². The number of amidine groups is 1. The molecular weight excluding hydrogens is 438 g/mol. The summed E-state index contributed by atoms with van der Waals surface area (Å²) in [5.41, 5.74) is 7.49. The molecule has 0 saturated heterocycles. The number of nitrogens with zero attached hydrogens (tertiary/aromatic N) is 4. The Morgan fingerprint density at radius 1 is 1.44 bits per heavy atom. The number of aliphatic imine (C=N–C) groups is 1. The summed E-state index contributed by atoms with van der Waals surface area (Å²) in [4.78, 5) is 21.8. The molecule has 0 aliphatic carbocycles. The van der Waals surface area contributed by atoms with Gasteiger partial charge in [-0.15, -0.1) is 0 Å². The number of alkyl halides is 2. The number of amides is 1. The lowest BCUT2D eigenvalue weighted by atomic mass is 9.91. The number of pyridine rings is 1. The standard InChI is InChI=1S/C21H28F2N6O2S/c1-12(2)10-29-16(7-13(3)28-29)18(30)26-14-5-6-25-17(8-14)21(4)9-15(11-31-19(22)23)32-20(24)27-21/h5-8,12,15,19H,9-11H2,1-4H3,(H2,24,27)(H,25,26,30)/t15-,21-/m0/s1. The maximum Gasteiger partial charge on any atom is 0.345 e. The predicted molar refractivity (Wildman–Crippen MR) is 121 cm³/mol. The quantitative estimate of drug-likeness (QED) is 0.613. The second-order valence-electron chi connectivity index (χ2n) is 8.39. The van der Waals surface area contributed by atoms with Crippen molar-refractivity contribution in [3.8, 4) is 0 Å². The van der Waals surface area contributed by atoms with Crippen LogP contribution in [0, 0.1) is 12.8 Å². The third-order valence-electron chi connectivity index (χ3n) is 4.92. The number of ether oxygens (including phenoxy) is 1. The molecule has 0 bridgehead atoms. The van der Waals surface area contributed by atoms with Gasteiger partial charge < -0.3 is 15.8 Å². The van der Waals surface area contributed by atoms with Crippen LogP contribution >= 0.6 is 11.8 Å². The van der Waals surface area contributed by atoms with Crippen LogP contribution in [0.25, 0.3) is 0 Å². The summed E-state index contributed by atoms with van der Waals surface area (Å²) in [6, 6.07) is 5.16. The van der Waals surface area contributed by atoms with Gasteiger partial charge in [0.15, 0.2) is 5.17 Å². The number of nitrogens with two attached hydrogens (primary N) is 1. The fraction of sp³-hybridized carbons (Fsp3) is 0.524. The molecule has 3 N–H and O–H groups in total. The fourth-order valence-corrected chi connectivity index (χ4v) is 4.77. The first kappa shape index (κ1) is 24.1. The molecule has 0 spiro atoms. The van der Waals surface area contributed by atoms with Crippen LogP contribution in [-0.2, 0) is 16.8 Å². The SMILES string of the molecule is Cc1cc(C(=O)Nc2ccnc([C@]3(C)C[C@@H](COC(F)F)SC(N)=N3)c2)n(CC(C)C)n1. The third-order valence-corrected chi connectivity index (χ3v) is 5.89. The highest BCUT2D eigenvalue weighted by Crippen LogP contribution is 2.39. The Morgan fingerprint density at radius 3 is 2.88 bits per heavy atom. The van der Waals surface area contributed by atoms with Crippen LogP contribution in [0.1, 0.15) is 49.1 Å². The number of thioether (sulfide) groups is 1. The summed E-state index contributed by atoms with van der Waals surface area (Å²) >= 11 is 1.21. The van der Waals surface area contributed by atoms with Gasteiger partial charge in [-0.25, -0.2) is 4.99 Å². The summed E-state index contributed by atoms with van der Waals surface area (Å²) in [5, 5.41) is 7.29. The van der Waals surface area contributed by atoms with Gasteiger partial charge in [0.1, 0.15) is 11.2 Å². The second-order valence-corrected chi connectivity index (χ2v) is 9.71. The van der Waals surface area contributed by atoms with E-state index in [4.69, 9.17) is 5.73 Å². The minimum atomic E-state index is -2.84. The summed E-state index contributed by atoms with van der Waals surface area (Å²) in [6.07, 6.45) is 1.99. The predicted octanol–water partition coefficient (Wildman–Crippen LogP) is 3.77. The lowest BCUT2D eigenvalue weighted by molar-refractivity contribution is -0.128. The van der Waals surface area contributed by atoms with Crippen molar-refractivity contribution in [3.05, 3.63) is 41.5 Å². The van der Waals surface area contributed by atoms with Crippen molar-refractivity contribution in [2.45, 2.75) is 58.1 Å². The summed E-state index contributed by atoms with van der Waals surface area (Å²) in [6.45, 7) is 5.44. The van der Waals surface area contributed by atoms with Crippen molar-refractivity contribution in [1.82, 2.24) is 14.8 Å². The van der Waals surface area contributed by atoms with Crippen molar-refractivity contribution in [3.63, 3.8) is 0 Å². The molecule has 0 radical (unpaired) electrons. The van der Waals surface area contributed by atoms with Gasteiger partial charge in [-0.05, 0) is 44.4 Å². The van der Waals surface area contributed by atoms with Crippen LogP contribution in [0.5, 0.6) is 0 Å². The molecular formula is C21H28F2N6O2S. The minimum Gasteiger partial charge on any atom is -0.379 e. The molecule has 32 heavy (non-hydrogen) atoms. The van der Waals surface area contributed by atoms with Crippen LogP contribution in [0.3, 0.4) is 0 Å². The molecule has 0 unspecified atom stereocenters. The molecule has 11 heteroatoms. The van der Waals surface area contributed by atoms with Crippen LogP contribution in [0.4, 0.5) is 14.5 Å². The van der Waals surface area contributed by atoms with Crippen molar-refractivity contribution in [2.24, 2.45) is 16.6 Å². The molecule has 1 aliphatic heterocycles. The number of aryl methyl sites for hydroxylation is 1. The van der Waals surface area contributed by atoms with Crippen molar-refractivity contribution in [1.29, 1.82) is 0 Å². The van der Waals surface area contributed by atoms with Gasteiger partial charge >= 0.3 is 6.61 Å². The zero-order chi connectivity index (χ0) is 23.5. The van der Waals surface area contributed by atoms with E-state index in [2.05, 4.69) is 39.0 Å². The molecule has 2 aromatic rings. The van der Waals surface area contributed by atoms with Crippen molar-refractivity contribution in [2.75, 3.05) is 11.9 Å². The fourth-order valence-electron chi connectivity index (χ4n) is 3.62. The van der Waals surface area contributed by atoms with Crippen molar-refractivity contribution < 1.29 is 18.3 Å². The largest absolute Gasteiger partial charge is 0.379 e. The van der Waals surface area contributed by atoms with E-state index in [1.54, 1.807) is 29.1 Å². The molecule has 1 aliphatic rings. The van der Waals surface area contributed by atoms with Gasteiger partial charge in [-0.3, -0.25) is 14.5 Å². The first-order valence-electron chi connectivity index (χ1n) is 10.3. The van der Waals surface area contributed by atoms with Gasteiger partial charge in [0.05, 0.1) is 18.0 Å². The number of rotatable bonds is 8. The highest BCUT2D eigenvalue weighted by atomic mass is 32.2. The maximum atomic E-state index is 12.9. The van der Waals surface area contributed by atoms with Crippen LogP contribution < -0.4 is 11.1 Å². The Hall–Kier alpha value is -2.53. The number of carbonyl (C=O) groups excluding carboxylic acids is 1. The molecule has 3 heterocycles. The lowest BCUT2D eigenvalue weighted by Crippen LogP contribution is -2.36. The zero-order valence-electron chi connectivity index (χ0n) is 18.5. The Balaban J connectivity index is 1.79. The van der Waals surface area contributed by atoms with E-state index in [-0.39, 0.29) is 22.9 Å². The smallest absolute Gasteiger partial charge is 0.345 e. The van der Waals surface area contributed by atoms with E-state index >= 15 is 0 Å². The van der Waals surface area contributed by atoms with E-state index in [1.807, 2.05) is 13.8 Å². The van der Waals surface area contributed by atoms with E-state index in [9.17, 15) is 13.6 Å². The monoisotopic (exact) mass is 466 g/mol. The van der Waals surface area contributed by atoms with Crippen LogP contribution in [0.2, 0.25) is 0 Å². The summed E-state index contributed by atoms with van der Waals surface area (Å²) in [7, 11) is 0. The van der Waals surface area contributed by atoms with Crippen molar-refractivity contribution >= 4 is 28.5 Å². The Bertz CT molecular complexity index is 996. The summed E-state index contributed by atoms with van der Waals surface area (Å²) in [5.74, 6) is 0.0572. The van der Waals surface area contributed by atoms with Gasteiger partial charge in [-0.2, -0.15) is 13.9 Å². The molecule has 174 valence electrons. The van der Waals surface area contributed by atoms with E-state index < -0.39 is 12.2 Å². The first-order chi connectivity index (χ1) is 15.1. The van der Waals surface area contributed by atoms with Gasteiger partial charge in [0, 0.05) is 23.7 Å². The number of hydrogen-bond acceptors (Lipinski definition) is 7. The highest BCUT2D eigenvalue weighted by Gasteiger charge is 2.36. The zero-order valence-corrected chi connectivity index (χ0v) is 19.3. The molecule has 2 atom stereocenters. The Kier molecular flexibility index (Phi) is 7.50. The Labute approximate surface area is 190 Å². The maximum absolute atomic E-state index is 12.9. The molecule has 3 rings (SSSR count). The van der Waals surface area contributed by atoms with E-state index in [0.29, 0.717) is 36.0 Å². The number of aromatic nitrogens is 3. The average molecular weight is 467 g/mol. The first-order valence-corrected chi connectivity index (χ1v) is 11.2. The van der Waals surface area contributed by atoms with Crippen LogP contribution in [-0.4, -0.2) is 44.3 Å². The summed E-state index contributed by atoms with van der Waals surface area (Å²) < 4.78 is 31.1. The number of hydrogen-bond donors (Lipinski definition) is 2. The van der Waals surface area contributed by atoms with Gasteiger partial charge in [0.25, 0.3) is 5.91 Å². The van der Waals surface area contributed by atoms with Gasteiger partial charge in [0.2, 0.25) is 0 Å². The normalized spacial score (nSPS) is 21.1. The second kappa shape index (κ2) is 9.95. The number of anilines is 1. The number of halogens is 2. The molecule has 0 fully saturated rings. The van der Waals surface area contributed by atoms with E-state index in [1.165, 1.54) is 11.8 Å². The van der Waals surface area contributed by atoms with Gasteiger partial charge in [-0.1, -0.05) is 25.6 Å². The Morgan fingerprint density at radius 2 is 2.19 bits per heavy atom. The van der Waals surface area contributed by atoms with Crippen LogP contribution in [0.15, 0.2) is 29.4 Å². The number of carbonyl (C=O) groups is 1.